The van der Waals surface area contributed by atoms with Crippen LogP contribution in [0.3, 0.4) is 0 Å². The summed E-state index contributed by atoms with van der Waals surface area (Å²) in [6, 6.07) is -0.481. The highest BCUT2D eigenvalue weighted by molar-refractivity contribution is 8.03. The fourth-order valence-corrected chi connectivity index (χ4v) is 4.53. The monoisotopic (exact) mass is 245 g/mol. The fourth-order valence-electron chi connectivity index (χ4n) is 2.52. The molecule has 0 bridgehead atoms. The minimum Gasteiger partial charge on any atom is -0.391 e. The van der Waals surface area contributed by atoms with Crippen LogP contribution < -0.4 is 5.32 Å². The van der Waals surface area contributed by atoms with E-state index >= 15 is 0 Å². The molecular weight excluding hydrogens is 230 g/mol. The zero-order valence-electron chi connectivity index (χ0n) is 9.39. The predicted molar refractivity (Wildman–Crippen MR) is 57.8 cm³/mol. The van der Waals surface area contributed by atoms with E-state index < -0.39 is 44.6 Å². The van der Waals surface area contributed by atoms with E-state index in [1.165, 1.54) is 0 Å². The van der Waals surface area contributed by atoms with Crippen molar-refractivity contribution in [3.8, 4) is 0 Å². The summed E-state index contributed by atoms with van der Waals surface area (Å²) in [4.78, 5) is 23.3. The summed E-state index contributed by atoms with van der Waals surface area (Å²) in [5.41, 5.74) is 0. The van der Waals surface area contributed by atoms with E-state index in [-0.39, 0.29) is 5.92 Å². The second kappa shape index (κ2) is 3.37. The van der Waals surface area contributed by atoms with Crippen molar-refractivity contribution in [3.05, 3.63) is 0 Å². The third-order valence-corrected chi connectivity index (χ3v) is 5.57. The number of carbonyl (C=O) groups excluding carboxylic acids is 2. The highest BCUT2D eigenvalue weighted by Crippen LogP contribution is 2.45. The highest BCUT2D eigenvalue weighted by Gasteiger charge is 2.73. The number of nitrogens with one attached hydrogen (secondary N) is 1. The number of amides is 1. The van der Waals surface area contributed by atoms with Gasteiger partial charge in [-0.25, -0.2) is 0 Å². The Morgan fingerprint density at radius 3 is 2.38 bits per heavy atom. The van der Waals surface area contributed by atoms with E-state index in [1.54, 1.807) is 20.8 Å². The van der Waals surface area contributed by atoms with Crippen LogP contribution in [-0.2, 0) is 20.4 Å². The molecule has 5 nitrogen and oxygen atoms in total. The van der Waals surface area contributed by atoms with Crippen LogP contribution >= 0.6 is 0 Å². The van der Waals surface area contributed by atoms with Crippen LogP contribution in [0.2, 0.25) is 0 Å². The molecule has 2 rings (SSSR count). The first-order valence-electron chi connectivity index (χ1n) is 5.29. The molecule has 2 fully saturated rings. The molecule has 0 saturated carbocycles. The van der Waals surface area contributed by atoms with Crippen molar-refractivity contribution in [2.24, 2.45) is 11.8 Å². The minimum absolute atomic E-state index is 0.212. The first-order chi connectivity index (χ1) is 7.35. The Morgan fingerprint density at radius 1 is 1.44 bits per heavy atom. The molecule has 0 aromatic carbocycles. The van der Waals surface area contributed by atoms with Crippen LogP contribution in [0.15, 0.2) is 0 Å². The summed E-state index contributed by atoms with van der Waals surface area (Å²) in [5.74, 6) is -1.16. The van der Waals surface area contributed by atoms with Gasteiger partial charge in [0.2, 0.25) is 11.0 Å². The lowest BCUT2D eigenvalue weighted by molar-refractivity contribution is -0.140. The average Bonchev–Trinajstić information content (AvgIpc) is 2.36. The van der Waals surface area contributed by atoms with Crippen molar-refractivity contribution in [1.29, 1.82) is 0 Å². The number of β-lactam (4-membered cyclic amide) rings is 1. The highest BCUT2D eigenvalue weighted by atomic mass is 32.2. The van der Waals surface area contributed by atoms with Gasteiger partial charge in [-0.3, -0.25) is 13.8 Å². The van der Waals surface area contributed by atoms with E-state index in [1.807, 2.05) is 0 Å². The maximum atomic E-state index is 12.0. The lowest BCUT2D eigenvalue weighted by atomic mass is 9.75. The SMILES string of the molecule is CC(C)[C@H](O)[C@]12C(=O)N[C@H]1C(C)C(=O)S2=O. The van der Waals surface area contributed by atoms with Crippen LogP contribution in [0, 0.1) is 11.8 Å². The number of carbonyl (C=O) groups is 2. The lowest BCUT2D eigenvalue weighted by Gasteiger charge is -2.47. The molecule has 6 heteroatoms. The van der Waals surface area contributed by atoms with Crippen LogP contribution in [0.1, 0.15) is 20.8 Å². The van der Waals surface area contributed by atoms with Gasteiger partial charge in [-0.1, -0.05) is 20.8 Å². The van der Waals surface area contributed by atoms with Crippen LogP contribution in [0.5, 0.6) is 0 Å². The van der Waals surface area contributed by atoms with Gasteiger partial charge in [-0.15, -0.1) is 0 Å². The second-order valence-electron chi connectivity index (χ2n) is 4.81. The zero-order chi connectivity index (χ0) is 12.2. The minimum atomic E-state index is -1.93. The smallest absolute Gasteiger partial charge is 0.244 e. The van der Waals surface area contributed by atoms with Gasteiger partial charge in [0.15, 0.2) is 4.75 Å². The molecular formula is C10H15NO4S. The maximum absolute atomic E-state index is 12.0. The third kappa shape index (κ3) is 1.06. The normalized spacial score (nSPS) is 43.9. The quantitative estimate of drug-likeness (QED) is 0.622. The van der Waals surface area contributed by atoms with E-state index in [0.29, 0.717) is 0 Å². The lowest BCUT2D eigenvalue weighted by Crippen LogP contribution is -2.77. The molecule has 2 saturated heterocycles. The number of aliphatic hydroxyl groups is 1. The van der Waals surface area contributed by atoms with E-state index in [2.05, 4.69) is 5.32 Å². The molecule has 2 unspecified atom stereocenters. The summed E-state index contributed by atoms with van der Waals surface area (Å²) in [7, 11) is -1.93. The maximum Gasteiger partial charge on any atom is 0.244 e. The summed E-state index contributed by atoms with van der Waals surface area (Å²) in [6.07, 6.45) is -1.04. The number of fused-ring (bicyclic) bond motifs is 1. The average molecular weight is 245 g/mol. The van der Waals surface area contributed by atoms with Crippen molar-refractivity contribution < 1.29 is 18.9 Å². The summed E-state index contributed by atoms with van der Waals surface area (Å²) in [5, 5.41) is 12.2. The molecule has 2 N–H and O–H groups in total. The molecule has 90 valence electrons. The fraction of sp³-hybridized carbons (Fsp3) is 0.800. The predicted octanol–water partition coefficient (Wildman–Crippen LogP) is -0.834. The van der Waals surface area contributed by atoms with E-state index in [0.717, 1.165) is 0 Å². The van der Waals surface area contributed by atoms with Crippen molar-refractivity contribution >= 4 is 21.8 Å². The van der Waals surface area contributed by atoms with Gasteiger partial charge < -0.3 is 10.4 Å². The van der Waals surface area contributed by atoms with Crippen LogP contribution in [0.4, 0.5) is 0 Å². The van der Waals surface area contributed by atoms with Crippen molar-refractivity contribution in [3.63, 3.8) is 0 Å². The third-order valence-electron chi connectivity index (χ3n) is 3.54. The second-order valence-corrected chi connectivity index (χ2v) is 6.42. The molecule has 0 radical (unpaired) electrons. The van der Waals surface area contributed by atoms with Gasteiger partial charge in [-0.05, 0) is 5.92 Å². The van der Waals surface area contributed by atoms with Crippen LogP contribution in [-0.4, -0.2) is 37.2 Å². The van der Waals surface area contributed by atoms with Gasteiger partial charge in [0.25, 0.3) is 0 Å². The van der Waals surface area contributed by atoms with Gasteiger partial charge in [-0.2, -0.15) is 0 Å². The molecule has 1 amide bonds. The molecule has 2 aliphatic heterocycles. The Morgan fingerprint density at radius 2 is 2.00 bits per heavy atom. The molecule has 0 spiro atoms. The zero-order valence-corrected chi connectivity index (χ0v) is 10.2. The van der Waals surface area contributed by atoms with Gasteiger partial charge in [0.05, 0.1) is 18.1 Å². The Labute approximate surface area is 96.1 Å². The number of rotatable bonds is 2. The van der Waals surface area contributed by atoms with Crippen LogP contribution in [0.25, 0.3) is 0 Å². The van der Waals surface area contributed by atoms with Crippen molar-refractivity contribution in [1.82, 2.24) is 5.32 Å². The Balaban J connectivity index is 2.48. The van der Waals surface area contributed by atoms with Gasteiger partial charge in [0, 0.05) is 0 Å². The molecule has 2 aliphatic rings. The standard InChI is InChI=1S/C10H15NO4S/c1-4(2)7(12)10-6(11-9(10)14)5(3)8(13)16(10)15/h4-7,12H,1-3H3,(H,11,14)/t5?,6-,7-,10-,16?/m0/s1. The molecule has 0 aromatic heterocycles. The topological polar surface area (TPSA) is 83.5 Å². The molecule has 5 atom stereocenters. The molecule has 2 heterocycles. The number of hydrogen-bond donors (Lipinski definition) is 2. The Kier molecular flexibility index (Phi) is 2.47. The first-order valence-corrected chi connectivity index (χ1v) is 6.44. The summed E-state index contributed by atoms with van der Waals surface area (Å²) in [6.45, 7) is 5.12. The largest absolute Gasteiger partial charge is 0.391 e. The van der Waals surface area contributed by atoms with E-state index in [9.17, 15) is 18.9 Å². The first kappa shape index (κ1) is 11.7. The number of hydrogen-bond acceptors (Lipinski definition) is 4. The Hall–Kier alpha value is -0.750. The summed E-state index contributed by atoms with van der Waals surface area (Å²) >= 11 is 0. The van der Waals surface area contributed by atoms with E-state index in [4.69, 9.17) is 0 Å². The summed E-state index contributed by atoms with van der Waals surface area (Å²) < 4.78 is 10.6. The number of aliphatic hydroxyl groups excluding tert-OH is 1. The van der Waals surface area contributed by atoms with Gasteiger partial charge >= 0.3 is 0 Å². The van der Waals surface area contributed by atoms with Gasteiger partial charge in [0.1, 0.15) is 10.8 Å². The molecule has 16 heavy (non-hydrogen) atoms. The molecule has 0 aliphatic carbocycles. The molecule has 0 aromatic rings. The Bertz CT molecular complexity index is 394. The van der Waals surface area contributed by atoms with Crippen molar-refractivity contribution in [2.45, 2.75) is 37.7 Å². The van der Waals surface area contributed by atoms with Crippen molar-refractivity contribution in [2.75, 3.05) is 0 Å².